The number of rotatable bonds is 7. The largest absolute Gasteiger partial charge is 0.483 e. The van der Waals surface area contributed by atoms with Gasteiger partial charge in [0.25, 0.3) is 5.91 Å². The van der Waals surface area contributed by atoms with Crippen molar-refractivity contribution in [1.29, 1.82) is 0 Å². The average molecular weight is 417 g/mol. The smallest absolute Gasteiger partial charge is 0.262 e. The highest BCUT2D eigenvalue weighted by Crippen LogP contribution is 2.30. The van der Waals surface area contributed by atoms with Crippen LogP contribution < -0.4 is 19.9 Å². The SMILES string of the molecule is CC[NH+]1CCN(c2ccccc2NC(=O)COc2ccccc2-c2ccccc2)CC1. The first-order chi connectivity index (χ1) is 15.2. The van der Waals surface area contributed by atoms with Crippen molar-refractivity contribution >= 4 is 17.3 Å². The Bertz CT molecular complexity index is 998. The molecule has 160 valence electrons. The Labute approximate surface area is 184 Å². The second-order valence-electron chi connectivity index (χ2n) is 7.81. The molecule has 3 aromatic rings. The number of hydrogen-bond donors (Lipinski definition) is 2. The van der Waals surface area contributed by atoms with E-state index in [1.54, 1.807) is 4.90 Å². The topological polar surface area (TPSA) is 46.0 Å². The average Bonchev–Trinajstić information content (AvgIpc) is 2.84. The first kappa shape index (κ1) is 20.9. The van der Waals surface area contributed by atoms with Crippen LogP contribution in [0.4, 0.5) is 11.4 Å². The van der Waals surface area contributed by atoms with Gasteiger partial charge in [0.2, 0.25) is 0 Å². The van der Waals surface area contributed by atoms with Crippen LogP contribution in [0.25, 0.3) is 11.1 Å². The van der Waals surface area contributed by atoms with E-state index in [0.29, 0.717) is 5.75 Å². The summed E-state index contributed by atoms with van der Waals surface area (Å²) in [5.74, 6) is 0.545. The summed E-state index contributed by atoms with van der Waals surface area (Å²) in [5, 5.41) is 3.05. The predicted molar refractivity (Wildman–Crippen MR) is 126 cm³/mol. The zero-order chi connectivity index (χ0) is 21.5. The van der Waals surface area contributed by atoms with Crippen LogP contribution in [0.1, 0.15) is 6.92 Å². The monoisotopic (exact) mass is 416 g/mol. The van der Waals surface area contributed by atoms with Gasteiger partial charge in [-0.15, -0.1) is 0 Å². The van der Waals surface area contributed by atoms with Crippen molar-refractivity contribution in [3.05, 3.63) is 78.9 Å². The molecule has 1 saturated heterocycles. The molecular formula is C26H30N3O2+. The van der Waals surface area contributed by atoms with E-state index < -0.39 is 0 Å². The first-order valence-corrected chi connectivity index (χ1v) is 11.0. The molecule has 0 atom stereocenters. The number of carbonyl (C=O) groups is 1. The summed E-state index contributed by atoms with van der Waals surface area (Å²) >= 11 is 0. The lowest BCUT2D eigenvalue weighted by Crippen LogP contribution is -3.14. The third-order valence-electron chi connectivity index (χ3n) is 5.82. The highest BCUT2D eigenvalue weighted by atomic mass is 16.5. The maximum atomic E-state index is 12.7. The van der Waals surface area contributed by atoms with Crippen molar-refractivity contribution < 1.29 is 14.4 Å². The fourth-order valence-electron chi connectivity index (χ4n) is 4.05. The van der Waals surface area contributed by atoms with Crippen LogP contribution >= 0.6 is 0 Å². The van der Waals surface area contributed by atoms with Crippen LogP contribution in [0.3, 0.4) is 0 Å². The second kappa shape index (κ2) is 10.1. The van der Waals surface area contributed by atoms with Gasteiger partial charge in [0.1, 0.15) is 5.75 Å². The molecule has 1 fully saturated rings. The van der Waals surface area contributed by atoms with Crippen LogP contribution in [0, 0.1) is 0 Å². The molecule has 0 bridgehead atoms. The second-order valence-corrected chi connectivity index (χ2v) is 7.81. The minimum atomic E-state index is -0.159. The molecule has 1 heterocycles. The third kappa shape index (κ3) is 5.25. The van der Waals surface area contributed by atoms with Crippen molar-refractivity contribution in [2.24, 2.45) is 0 Å². The molecule has 0 radical (unpaired) electrons. The fourth-order valence-corrected chi connectivity index (χ4v) is 4.05. The van der Waals surface area contributed by atoms with E-state index in [1.165, 1.54) is 0 Å². The van der Waals surface area contributed by atoms with Gasteiger partial charge in [-0.3, -0.25) is 4.79 Å². The molecule has 1 amide bonds. The van der Waals surface area contributed by atoms with Gasteiger partial charge in [0.15, 0.2) is 6.61 Å². The van der Waals surface area contributed by atoms with Crippen LogP contribution in [-0.4, -0.2) is 45.2 Å². The molecule has 1 aliphatic heterocycles. The normalized spacial score (nSPS) is 14.3. The molecule has 3 aromatic carbocycles. The molecule has 0 aromatic heterocycles. The number of para-hydroxylation sites is 3. The predicted octanol–water partition coefficient (Wildman–Crippen LogP) is 3.10. The molecule has 0 spiro atoms. The lowest BCUT2D eigenvalue weighted by atomic mass is 10.1. The molecule has 0 saturated carbocycles. The molecule has 0 aliphatic carbocycles. The van der Waals surface area contributed by atoms with E-state index in [1.807, 2.05) is 72.8 Å². The molecule has 5 heteroatoms. The van der Waals surface area contributed by atoms with Crippen molar-refractivity contribution in [3.8, 4) is 16.9 Å². The zero-order valence-electron chi connectivity index (χ0n) is 18.0. The Morgan fingerprint density at radius 3 is 2.39 bits per heavy atom. The van der Waals surface area contributed by atoms with Crippen molar-refractivity contribution in [3.63, 3.8) is 0 Å². The number of benzene rings is 3. The van der Waals surface area contributed by atoms with Crippen LogP contribution in [-0.2, 0) is 4.79 Å². The number of carbonyl (C=O) groups excluding carboxylic acids is 1. The van der Waals surface area contributed by atoms with Crippen molar-refractivity contribution in [1.82, 2.24) is 0 Å². The number of piperazine rings is 1. The summed E-state index contributed by atoms with van der Waals surface area (Å²) in [6.45, 7) is 7.60. The van der Waals surface area contributed by atoms with E-state index >= 15 is 0 Å². The van der Waals surface area contributed by atoms with Gasteiger partial charge in [-0.2, -0.15) is 0 Å². The van der Waals surface area contributed by atoms with Crippen LogP contribution in [0.5, 0.6) is 5.75 Å². The molecular weight excluding hydrogens is 386 g/mol. The number of likely N-dealkylation sites (N-methyl/N-ethyl adjacent to an activating group) is 1. The minimum Gasteiger partial charge on any atom is -0.483 e. The van der Waals surface area contributed by atoms with E-state index in [4.69, 9.17) is 4.74 Å². The van der Waals surface area contributed by atoms with Gasteiger partial charge < -0.3 is 19.9 Å². The Morgan fingerprint density at radius 1 is 0.935 bits per heavy atom. The number of nitrogens with one attached hydrogen (secondary N) is 2. The number of nitrogens with zero attached hydrogens (tertiary/aromatic N) is 1. The number of hydrogen-bond acceptors (Lipinski definition) is 3. The summed E-state index contributed by atoms with van der Waals surface area (Å²) < 4.78 is 5.91. The molecule has 0 unspecified atom stereocenters. The first-order valence-electron chi connectivity index (χ1n) is 11.0. The maximum Gasteiger partial charge on any atom is 0.262 e. The third-order valence-corrected chi connectivity index (χ3v) is 5.82. The van der Waals surface area contributed by atoms with Gasteiger partial charge in [-0.1, -0.05) is 60.7 Å². The Hall–Kier alpha value is -3.31. The van der Waals surface area contributed by atoms with Crippen LogP contribution in [0.15, 0.2) is 78.9 Å². The van der Waals surface area contributed by atoms with Crippen molar-refractivity contribution in [2.45, 2.75) is 6.92 Å². The quantitative estimate of drug-likeness (QED) is 0.622. The van der Waals surface area contributed by atoms with Crippen molar-refractivity contribution in [2.75, 3.05) is 49.5 Å². The van der Waals surface area contributed by atoms with Gasteiger partial charge in [0.05, 0.1) is 44.1 Å². The number of anilines is 2. The molecule has 1 aliphatic rings. The fraction of sp³-hybridized carbons (Fsp3) is 0.269. The van der Waals surface area contributed by atoms with Gasteiger partial charge in [0, 0.05) is 5.56 Å². The Balaban J connectivity index is 1.41. The van der Waals surface area contributed by atoms with E-state index in [9.17, 15) is 4.79 Å². The summed E-state index contributed by atoms with van der Waals surface area (Å²) in [6.07, 6.45) is 0. The molecule has 4 rings (SSSR count). The number of ether oxygens (including phenoxy) is 1. The molecule has 31 heavy (non-hydrogen) atoms. The summed E-state index contributed by atoms with van der Waals surface area (Å²) in [7, 11) is 0. The Morgan fingerprint density at radius 2 is 1.61 bits per heavy atom. The van der Waals surface area contributed by atoms with Crippen LogP contribution in [0.2, 0.25) is 0 Å². The highest BCUT2D eigenvalue weighted by Gasteiger charge is 2.21. The minimum absolute atomic E-state index is 0.0358. The standard InChI is InChI=1S/C26H29N3O2/c1-2-28-16-18-29(19-17-28)24-14-8-7-13-23(24)27-26(30)20-31-25-15-9-6-12-22(25)21-10-4-3-5-11-21/h3-15H,2,16-20H2,1H3,(H,27,30)/p+1. The number of quaternary nitrogens is 1. The maximum absolute atomic E-state index is 12.7. The molecule has 5 nitrogen and oxygen atoms in total. The summed E-state index contributed by atoms with van der Waals surface area (Å²) in [6, 6.07) is 25.9. The lowest BCUT2D eigenvalue weighted by molar-refractivity contribution is -0.898. The Kier molecular flexibility index (Phi) is 6.85. The summed E-state index contributed by atoms with van der Waals surface area (Å²) in [5.41, 5.74) is 3.97. The van der Waals surface area contributed by atoms with E-state index in [-0.39, 0.29) is 12.5 Å². The molecule has 2 N–H and O–H groups in total. The highest BCUT2D eigenvalue weighted by molar-refractivity contribution is 5.95. The van der Waals surface area contributed by atoms with E-state index in [0.717, 1.165) is 55.2 Å². The zero-order valence-corrected chi connectivity index (χ0v) is 18.0. The van der Waals surface area contributed by atoms with Gasteiger partial charge in [-0.05, 0) is 30.7 Å². The lowest BCUT2D eigenvalue weighted by Gasteiger charge is -2.34. The van der Waals surface area contributed by atoms with Gasteiger partial charge >= 0.3 is 0 Å². The summed E-state index contributed by atoms with van der Waals surface area (Å²) in [4.78, 5) is 16.7. The number of amides is 1. The van der Waals surface area contributed by atoms with Gasteiger partial charge in [-0.25, -0.2) is 0 Å². The van der Waals surface area contributed by atoms with E-state index in [2.05, 4.69) is 23.2 Å².